The number of nitrogens with zero attached hydrogens (tertiary/aromatic N) is 1. The number of hydrogen-bond donors (Lipinski definition) is 2. The van der Waals surface area contributed by atoms with Crippen LogP contribution in [0, 0.1) is 6.92 Å². The number of thioether (sulfide) groups is 1. The Balaban J connectivity index is 1.71. The molecule has 0 radical (unpaired) electrons. The minimum atomic E-state index is -0.309. The van der Waals surface area contributed by atoms with E-state index >= 15 is 0 Å². The zero-order valence-corrected chi connectivity index (χ0v) is 19.4. The van der Waals surface area contributed by atoms with Crippen LogP contribution < -0.4 is 10.2 Å². The van der Waals surface area contributed by atoms with Gasteiger partial charge in [0.2, 0.25) is 0 Å². The van der Waals surface area contributed by atoms with Gasteiger partial charge < -0.3 is 29.5 Å². The van der Waals surface area contributed by atoms with Crippen LogP contribution in [0.5, 0.6) is 0 Å². The van der Waals surface area contributed by atoms with E-state index in [0.29, 0.717) is 24.7 Å². The van der Waals surface area contributed by atoms with Gasteiger partial charge in [0, 0.05) is 12.7 Å². The van der Waals surface area contributed by atoms with Crippen molar-refractivity contribution in [3.63, 3.8) is 0 Å². The Morgan fingerprint density at radius 1 is 1.23 bits per heavy atom. The summed E-state index contributed by atoms with van der Waals surface area (Å²) in [6.45, 7) is 4.13. The molecule has 2 N–H and O–H groups in total. The van der Waals surface area contributed by atoms with Gasteiger partial charge in [-0.05, 0) is 48.0 Å². The van der Waals surface area contributed by atoms with E-state index in [-0.39, 0.29) is 44.1 Å². The zero-order chi connectivity index (χ0) is 22.6. The molecule has 1 aliphatic heterocycles. The fourth-order valence-corrected chi connectivity index (χ4v) is 3.68. The van der Waals surface area contributed by atoms with E-state index in [2.05, 4.69) is 5.32 Å². The van der Waals surface area contributed by atoms with Crippen LogP contribution in [0.15, 0.2) is 23.1 Å². The number of carbonyl (C=O) groups excluding carboxylic acids is 2. The van der Waals surface area contributed by atoms with E-state index in [1.165, 1.54) is 0 Å². The van der Waals surface area contributed by atoms with Crippen molar-refractivity contribution in [2.45, 2.75) is 13.3 Å². The average Bonchev–Trinajstić information content (AvgIpc) is 3.05. The molecule has 1 fully saturated rings. The lowest BCUT2D eigenvalue weighted by Gasteiger charge is -2.20. The monoisotopic (exact) mass is 468 g/mol. The molecule has 1 aliphatic rings. The van der Waals surface area contributed by atoms with Crippen LogP contribution in [0.4, 0.5) is 10.5 Å². The molecule has 0 unspecified atom stereocenters. The number of amides is 1. The number of aryl methyl sites for hydroxylation is 1. The molecule has 0 saturated carbocycles. The van der Waals surface area contributed by atoms with Crippen LogP contribution in [-0.4, -0.2) is 74.5 Å². The third kappa shape index (κ3) is 8.96. The van der Waals surface area contributed by atoms with Crippen molar-refractivity contribution in [1.82, 2.24) is 5.32 Å². The number of carbonyl (C=O) groups is 2. The summed E-state index contributed by atoms with van der Waals surface area (Å²) in [6, 6.07) is 6.00. The van der Waals surface area contributed by atoms with Crippen molar-refractivity contribution >= 4 is 51.9 Å². The van der Waals surface area contributed by atoms with Crippen molar-refractivity contribution in [3.05, 3.63) is 34.2 Å². The lowest BCUT2D eigenvalue weighted by molar-refractivity contribution is -0.144. The number of hydrogen-bond acceptors (Lipinski definition) is 9. The van der Waals surface area contributed by atoms with Crippen LogP contribution >= 0.6 is 24.0 Å². The molecular formula is C21H28N2O6S2. The quantitative estimate of drug-likeness (QED) is 0.196. The highest BCUT2D eigenvalue weighted by molar-refractivity contribution is 8.19. The Hall–Kier alpha value is -1.98. The van der Waals surface area contributed by atoms with Gasteiger partial charge in [0.1, 0.15) is 11.6 Å². The van der Waals surface area contributed by atoms with E-state index in [0.717, 1.165) is 33.5 Å². The topological polar surface area (TPSA) is 97.3 Å². The van der Waals surface area contributed by atoms with Gasteiger partial charge in [-0.2, -0.15) is 0 Å². The molecule has 0 bridgehead atoms. The maximum Gasteiger partial charge on any atom is 0.308 e. The van der Waals surface area contributed by atoms with Crippen molar-refractivity contribution in [2.24, 2.45) is 0 Å². The minimum Gasteiger partial charge on any atom is -0.464 e. The molecule has 1 saturated heterocycles. The first kappa shape index (κ1) is 25.3. The number of nitrogens with one attached hydrogen (secondary N) is 1. The van der Waals surface area contributed by atoms with Gasteiger partial charge in [0.15, 0.2) is 0 Å². The Kier molecular flexibility index (Phi) is 11.0. The highest BCUT2D eigenvalue weighted by atomic mass is 32.2. The van der Waals surface area contributed by atoms with Gasteiger partial charge in [0.05, 0.1) is 50.9 Å². The molecule has 10 heteroatoms. The number of rotatable bonds is 13. The number of aliphatic hydroxyl groups excluding tert-OH is 1. The first-order chi connectivity index (χ1) is 14.9. The smallest absolute Gasteiger partial charge is 0.308 e. The van der Waals surface area contributed by atoms with Crippen LogP contribution in [0.1, 0.15) is 17.5 Å². The standard InChI is InChI=1S/C21H28N2O6S2/c1-15-13-17(4-3-16(15)14-18-20(30)22-21(26)31-18)23(2)6-9-29-19(25)5-8-27-11-12-28-10-7-24/h3-4,13-14,24H,5-12H2,1-2H3,(H,22,26,30)/b18-14-. The number of benzene rings is 1. The van der Waals surface area contributed by atoms with Crippen molar-refractivity contribution < 1.29 is 28.9 Å². The molecule has 0 atom stereocenters. The fourth-order valence-electron chi connectivity index (χ4n) is 2.66. The molecule has 2 rings (SSSR count). The number of aliphatic hydroxyl groups is 1. The first-order valence-corrected chi connectivity index (χ1v) is 11.1. The molecule has 0 spiro atoms. The third-order valence-electron chi connectivity index (χ3n) is 4.37. The number of likely N-dealkylation sites (N-methyl/N-ethyl adjacent to an activating group) is 1. The highest BCUT2D eigenvalue weighted by Gasteiger charge is 2.21. The molecule has 0 aromatic heterocycles. The largest absolute Gasteiger partial charge is 0.464 e. The second kappa shape index (κ2) is 13.4. The lowest BCUT2D eigenvalue weighted by Crippen LogP contribution is -2.24. The Bertz CT molecular complexity index is 815. The number of anilines is 1. The van der Waals surface area contributed by atoms with Crippen LogP contribution in [0.2, 0.25) is 0 Å². The van der Waals surface area contributed by atoms with Gasteiger partial charge in [-0.1, -0.05) is 18.3 Å². The highest BCUT2D eigenvalue weighted by Crippen LogP contribution is 2.28. The van der Waals surface area contributed by atoms with E-state index in [1.54, 1.807) is 0 Å². The molecule has 0 aliphatic carbocycles. The van der Waals surface area contributed by atoms with E-state index in [4.69, 9.17) is 31.5 Å². The number of ether oxygens (including phenoxy) is 3. The summed E-state index contributed by atoms with van der Waals surface area (Å²) in [5.74, 6) is -0.309. The number of thiocarbonyl (C=S) groups is 1. The molecule has 1 amide bonds. The van der Waals surface area contributed by atoms with E-state index in [1.807, 2.05) is 43.1 Å². The van der Waals surface area contributed by atoms with Crippen molar-refractivity contribution in [1.29, 1.82) is 0 Å². The summed E-state index contributed by atoms with van der Waals surface area (Å²) < 4.78 is 15.6. The van der Waals surface area contributed by atoms with Crippen LogP contribution in [-0.2, 0) is 19.0 Å². The summed E-state index contributed by atoms with van der Waals surface area (Å²) in [6.07, 6.45) is 2.09. The summed E-state index contributed by atoms with van der Waals surface area (Å²) in [5.41, 5.74) is 3.04. The number of esters is 1. The maximum absolute atomic E-state index is 11.8. The fraction of sp³-hybridized carbons (Fsp3) is 0.476. The molecule has 1 aromatic carbocycles. The Labute approximate surface area is 191 Å². The van der Waals surface area contributed by atoms with Gasteiger partial charge in [-0.15, -0.1) is 0 Å². The first-order valence-electron chi connectivity index (χ1n) is 9.89. The lowest BCUT2D eigenvalue weighted by atomic mass is 10.1. The predicted molar refractivity (Wildman–Crippen MR) is 125 cm³/mol. The van der Waals surface area contributed by atoms with Crippen LogP contribution in [0.25, 0.3) is 6.08 Å². The second-order valence-corrected chi connectivity index (χ2v) is 8.16. The van der Waals surface area contributed by atoms with Crippen LogP contribution in [0.3, 0.4) is 0 Å². The Morgan fingerprint density at radius 3 is 2.61 bits per heavy atom. The van der Waals surface area contributed by atoms with Gasteiger partial charge in [0.25, 0.3) is 5.24 Å². The van der Waals surface area contributed by atoms with Gasteiger partial charge in [-0.3, -0.25) is 9.59 Å². The van der Waals surface area contributed by atoms with Gasteiger partial charge >= 0.3 is 5.97 Å². The zero-order valence-electron chi connectivity index (χ0n) is 17.7. The normalized spacial score (nSPS) is 14.7. The molecule has 31 heavy (non-hydrogen) atoms. The summed E-state index contributed by atoms with van der Waals surface area (Å²) in [4.78, 5) is 26.4. The second-order valence-electron chi connectivity index (χ2n) is 6.73. The predicted octanol–water partition coefficient (Wildman–Crippen LogP) is 2.51. The minimum absolute atomic E-state index is 0.0177. The third-order valence-corrected chi connectivity index (χ3v) is 5.65. The summed E-state index contributed by atoms with van der Waals surface area (Å²) >= 11 is 6.26. The SMILES string of the molecule is Cc1cc(N(C)CCOC(=O)CCOCCOCCO)ccc1/C=C1\SC(=O)NC1=S. The Morgan fingerprint density at radius 2 is 1.97 bits per heavy atom. The summed E-state index contributed by atoms with van der Waals surface area (Å²) in [5, 5.41) is 11.0. The summed E-state index contributed by atoms with van der Waals surface area (Å²) in [7, 11) is 1.93. The van der Waals surface area contributed by atoms with Gasteiger partial charge in [-0.25, -0.2) is 0 Å². The van der Waals surface area contributed by atoms with Crippen molar-refractivity contribution in [3.8, 4) is 0 Å². The maximum atomic E-state index is 11.8. The molecule has 8 nitrogen and oxygen atoms in total. The molecular weight excluding hydrogens is 440 g/mol. The molecule has 1 heterocycles. The van der Waals surface area contributed by atoms with E-state index < -0.39 is 0 Å². The molecule has 1 aromatic rings. The van der Waals surface area contributed by atoms with Crippen molar-refractivity contribution in [2.75, 3.05) is 58.1 Å². The molecule has 170 valence electrons. The van der Waals surface area contributed by atoms with E-state index in [9.17, 15) is 9.59 Å². The average molecular weight is 469 g/mol.